The molecule has 0 amide bonds. The molecule has 5 heteroatoms. The van der Waals surface area contributed by atoms with Gasteiger partial charge in [-0.2, -0.15) is 0 Å². The maximum absolute atomic E-state index is 13.5. The number of aromatic nitrogens is 2. The summed E-state index contributed by atoms with van der Waals surface area (Å²) in [5.41, 5.74) is 6.89. The zero-order chi connectivity index (χ0) is 11.5. The van der Waals surface area contributed by atoms with Gasteiger partial charge in [0.1, 0.15) is 12.1 Å². The number of ether oxygens (including phenoxy) is 1. The molecule has 2 rings (SSSR count). The Labute approximate surface area is 91.9 Å². The first-order valence-electron chi connectivity index (χ1n) is 4.61. The fraction of sp³-hybridized carbons (Fsp3) is 0.0909. The summed E-state index contributed by atoms with van der Waals surface area (Å²) in [5, 5.41) is 0. The molecule has 0 aliphatic carbocycles. The van der Waals surface area contributed by atoms with E-state index in [1.807, 2.05) is 0 Å². The van der Waals surface area contributed by atoms with E-state index in [9.17, 15) is 4.39 Å². The van der Waals surface area contributed by atoms with Gasteiger partial charge >= 0.3 is 0 Å². The van der Waals surface area contributed by atoms with Crippen LogP contribution in [0.2, 0.25) is 0 Å². The number of halogens is 1. The Kier molecular flexibility index (Phi) is 2.68. The Hall–Kier alpha value is -2.17. The molecule has 0 fully saturated rings. The van der Waals surface area contributed by atoms with Gasteiger partial charge in [-0.05, 0) is 17.7 Å². The number of hydrogen-bond donors (Lipinski definition) is 1. The molecule has 0 atom stereocenters. The molecule has 0 aliphatic heterocycles. The third kappa shape index (κ3) is 1.79. The van der Waals surface area contributed by atoms with E-state index in [-0.39, 0.29) is 5.75 Å². The zero-order valence-electron chi connectivity index (χ0n) is 8.64. The van der Waals surface area contributed by atoms with Gasteiger partial charge in [0.15, 0.2) is 11.6 Å². The molecule has 2 N–H and O–H groups in total. The van der Waals surface area contributed by atoms with E-state index in [0.717, 1.165) is 0 Å². The monoisotopic (exact) mass is 219 g/mol. The average Bonchev–Trinajstić information content (AvgIpc) is 2.29. The Morgan fingerprint density at radius 1 is 1.38 bits per heavy atom. The first kappa shape index (κ1) is 10.4. The predicted molar refractivity (Wildman–Crippen MR) is 58.4 cm³/mol. The molecule has 16 heavy (non-hydrogen) atoms. The number of anilines is 1. The van der Waals surface area contributed by atoms with Gasteiger partial charge in [-0.3, -0.25) is 0 Å². The Balaban J connectivity index is 2.50. The highest BCUT2D eigenvalue weighted by Gasteiger charge is 2.08. The molecule has 4 nitrogen and oxygen atoms in total. The van der Waals surface area contributed by atoms with Crippen molar-refractivity contribution in [1.29, 1.82) is 0 Å². The van der Waals surface area contributed by atoms with Gasteiger partial charge in [0.2, 0.25) is 0 Å². The summed E-state index contributed by atoms with van der Waals surface area (Å²) in [7, 11) is 1.41. The van der Waals surface area contributed by atoms with Gasteiger partial charge in [0.05, 0.1) is 7.11 Å². The van der Waals surface area contributed by atoms with Crippen LogP contribution in [0.25, 0.3) is 11.1 Å². The van der Waals surface area contributed by atoms with Crippen molar-refractivity contribution in [1.82, 2.24) is 9.97 Å². The maximum Gasteiger partial charge on any atom is 0.165 e. The minimum Gasteiger partial charge on any atom is -0.494 e. The average molecular weight is 219 g/mol. The molecule has 0 unspecified atom stereocenters. The third-order valence-corrected chi connectivity index (χ3v) is 2.21. The molecule has 0 bridgehead atoms. The Morgan fingerprint density at radius 2 is 2.19 bits per heavy atom. The normalized spacial score (nSPS) is 10.1. The molecule has 1 aromatic carbocycles. The Bertz CT molecular complexity index is 516. The molecule has 0 saturated heterocycles. The van der Waals surface area contributed by atoms with Crippen LogP contribution in [-0.4, -0.2) is 17.1 Å². The van der Waals surface area contributed by atoms with Gasteiger partial charge in [0, 0.05) is 11.8 Å². The summed E-state index contributed by atoms with van der Waals surface area (Å²) in [6, 6.07) is 4.59. The zero-order valence-corrected chi connectivity index (χ0v) is 8.64. The smallest absolute Gasteiger partial charge is 0.165 e. The van der Waals surface area contributed by atoms with E-state index in [4.69, 9.17) is 10.5 Å². The summed E-state index contributed by atoms with van der Waals surface area (Å²) in [5.74, 6) is 0.0713. The first-order chi connectivity index (χ1) is 7.72. The molecular weight excluding hydrogens is 209 g/mol. The van der Waals surface area contributed by atoms with Crippen LogP contribution in [0.5, 0.6) is 5.75 Å². The van der Waals surface area contributed by atoms with Gasteiger partial charge in [-0.1, -0.05) is 6.07 Å². The summed E-state index contributed by atoms with van der Waals surface area (Å²) in [6.07, 6.45) is 2.89. The van der Waals surface area contributed by atoms with Crippen LogP contribution < -0.4 is 10.5 Å². The summed E-state index contributed by atoms with van der Waals surface area (Å²) < 4.78 is 18.3. The first-order valence-corrected chi connectivity index (χ1v) is 4.61. The topological polar surface area (TPSA) is 61.0 Å². The van der Waals surface area contributed by atoms with E-state index < -0.39 is 5.82 Å². The van der Waals surface area contributed by atoms with Crippen LogP contribution in [0.3, 0.4) is 0 Å². The second-order valence-corrected chi connectivity index (χ2v) is 3.17. The van der Waals surface area contributed by atoms with Crippen LogP contribution in [0.4, 0.5) is 10.2 Å². The lowest BCUT2D eigenvalue weighted by Gasteiger charge is -2.06. The summed E-state index contributed by atoms with van der Waals surface area (Å²) in [6.45, 7) is 0. The van der Waals surface area contributed by atoms with Gasteiger partial charge in [0.25, 0.3) is 0 Å². The lowest BCUT2D eigenvalue weighted by atomic mass is 10.1. The highest BCUT2D eigenvalue weighted by atomic mass is 19.1. The number of nitrogens with two attached hydrogens (primary N) is 1. The fourth-order valence-electron chi connectivity index (χ4n) is 1.40. The van der Waals surface area contributed by atoms with Crippen molar-refractivity contribution in [2.45, 2.75) is 0 Å². The molecule has 1 aromatic heterocycles. The highest BCUT2D eigenvalue weighted by Crippen LogP contribution is 2.27. The van der Waals surface area contributed by atoms with Crippen molar-refractivity contribution in [3.8, 4) is 16.9 Å². The lowest BCUT2D eigenvalue weighted by Crippen LogP contribution is -1.95. The number of benzene rings is 1. The van der Waals surface area contributed by atoms with Crippen molar-refractivity contribution in [2.24, 2.45) is 0 Å². The number of hydrogen-bond acceptors (Lipinski definition) is 4. The van der Waals surface area contributed by atoms with Crippen molar-refractivity contribution in [3.05, 3.63) is 36.5 Å². The van der Waals surface area contributed by atoms with Crippen LogP contribution in [0.15, 0.2) is 30.7 Å². The molecular formula is C11H10FN3O. The largest absolute Gasteiger partial charge is 0.494 e. The van der Waals surface area contributed by atoms with Crippen LogP contribution in [0, 0.1) is 5.82 Å². The van der Waals surface area contributed by atoms with E-state index in [0.29, 0.717) is 16.9 Å². The van der Waals surface area contributed by atoms with E-state index in [1.54, 1.807) is 12.3 Å². The summed E-state index contributed by atoms with van der Waals surface area (Å²) >= 11 is 0. The van der Waals surface area contributed by atoms with Crippen LogP contribution in [-0.2, 0) is 0 Å². The number of methoxy groups -OCH3 is 1. The minimum absolute atomic E-state index is 0.194. The molecule has 0 spiro atoms. The third-order valence-electron chi connectivity index (χ3n) is 2.21. The van der Waals surface area contributed by atoms with E-state index >= 15 is 0 Å². The standard InChI is InChI=1S/C11H10FN3O/c1-16-10-3-2-7(4-9(10)12)8-5-14-6-15-11(8)13/h2-6H,1H3,(H2,13,14,15). The number of nitrogens with zero attached hydrogens (tertiary/aromatic N) is 2. The van der Waals surface area contributed by atoms with E-state index in [2.05, 4.69) is 9.97 Å². The van der Waals surface area contributed by atoms with Gasteiger partial charge < -0.3 is 10.5 Å². The SMILES string of the molecule is COc1ccc(-c2cncnc2N)cc1F. The highest BCUT2D eigenvalue weighted by molar-refractivity contribution is 5.73. The van der Waals surface area contributed by atoms with Gasteiger partial charge in [-0.25, -0.2) is 14.4 Å². The molecule has 0 aliphatic rings. The second-order valence-electron chi connectivity index (χ2n) is 3.17. The predicted octanol–water partition coefficient (Wildman–Crippen LogP) is 1.87. The van der Waals surface area contributed by atoms with E-state index in [1.165, 1.54) is 25.6 Å². The molecule has 0 radical (unpaired) electrons. The molecule has 0 saturated carbocycles. The van der Waals surface area contributed by atoms with Crippen molar-refractivity contribution in [2.75, 3.05) is 12.8 Å². The molecule has 1 heterocycles. The summed E-state index contributed by atoms with van der Waals surface area (Å²) in [4.78, 5) is 7.69. The van der Waals surface area contributed by atoms with Crippen LogP contribution >= 0.6 is 0 Å². The molecule has 82 valence electrons. The second kappa shape index (κ2) is 4.14. The Morgan fingerprint density at radius 3 is 2.81 bits per heavy atom. The maximum atomic E-state index is 13.5. The minimum atomic E-state index is -0.441. The van der Waals surface area contributed by atoms with Crippen LogP contribution in [0.1, 0.15) is 0 Å². The van der Waals surface area contributed by atoms with Crippen molar-refractivity contribution in [3.63, 3.8) is 0 Å². The fourth-order valence-corrected chi connectivity index (χ4v) is 1.40. The molecule has 2 aromatic rings. The van der Waals surface area contributed by atoms with Crippen molar-refractivity contribution >= 4 is 5.82 Å². The lowest BCUT2D eigenvalue weighted by molar-refractivity contribution is 0.386. The number of nitrogen functional groups attached to an aromatic ring is 1. The quantitative estimate of drug-likeness (QED) is 0.837. The van der Waals surface area contributed by atoms with Crippen molar-refractivity contribution < 1.29 is 9.13 Å². The number of rotatable bonds is 2. The van der Waals surface area contributed by atoms with Gasteiger partial charge in [-0.15, -0.1) is 0 Å².